The number of para-hydroxylation sites is 2. The second-order valence-electron chi connectivity index (χ2n) is 17.5. The van der Waals surface area contributed by atoms with Crippen molar-refractivity contribution in [3.8, 4) is 50.2 Å². The summed E-state index contributed by atoms with van der Waals surface area (Å²) in [6.07, 6.45) is 0. The summed E-state index contributed by atoms with van der Waals surface area (Å²) in [6, 6.07) is 88.1. The minimum atomic E-state index is 0.143. The van der Waals surface area contributed by atoms with Crippen LogP contribution in [-0.4, -0.2) is 19.1 Å². The summed E-state index contributed by atoms with van der Waals surface area (Å²) in [5.74, 6) is 0. The van der Waals surface area contributed by atoms with Crippen molar-refractivity contribution in [1.29, 1.82) is 0 Å². The fourth-order valence-corrected chi connectivity index (χ4v) is 13.7. The van der Waals surface area contributed by atoms with Crippen molar-refractivity contribution >= 4 is 98.7 Å². The van der Waals surface area contributed by atoms with Gasteiger partial charge in [0.15, 0.2) is 0 Å². The van der Waals surface area contributed by atoms with Gasteiger partial charge in [0.1, 0.15) is 0 Å². The van der Waals surface area contributed by atoms with Gasteiger partial charge in [-0.2, -0.15) is 0 Å². The van der Waals surface area contributed by atoms with Gasteiger partial charge in [0, 0.05) is 0 Å². The Morgan fingerprint density at radius 2 is 0.697 bits per heavy atom. The Bertz CT molecular complexity index is 4160. The third-order valence-electron chi connectivity index (χ3n) is 14.0. The summed E-state index contributed by atoms with van der Waals surface area (Å²) in [5.41, 5.74) is 13.8. The number of nitrogens with zero attached hydrogens (tertiary/aromatic N) is 1. The molecule has 14 rings (SSSR count). The Morgan fingerprint density at radius 1 is 0.258 bits per heavy atom. The van der Waals surface area contributed by atoms with E-state index in [9.17, 15) is 0 Å². The predicted molar refractivity (Wildman–Crippen MR) is 285 cm³/mol. The van der Waals surface area contributed by atoms with Crippen molar-refractivity contribution in [3.05, 3.63) is 237 Å². The first kappa shape index (κ1) is 37.4. The molecular formula is C64H39NSe. The molecule has 0 amide bonds. The van der Waals surface area contributed by atoms with Crippen LogP contribution in [0.4, 0.5) is 0 Å². The van der Waals surface area contributed by atoms with Crippen molar-refractivity contribution in [3.63, 3.8) is 0 Å². The van der Waals surface area contributed by atoms with Crippen LogP contribution in [0.25, 0.3) is 134 Å². The van der Waals surface area contributed by atoms with E-state index in [0.717, 1.165) is 0 Å². The Kier molecular flexibility index (Phi) is 8.37. The minimum absolute atomic E-state index is 0.143. The van der Waals surface area contributed by atoms with Crippen LogP contribution in [0.3, 0.4) is 0 Å². The number of fused-ring (bicyclic) bond motifs is 10. The number of hydrogen-bond acceptors (Lipinski definition) is 0. The first-order valence-electron chi connectivity index (χ1n) is 22.8. The summed E-state index contributed by atoms with van der Waals surface area (Å²) in [7, 11) is 0. The Morgan fingerprint density at radius 3 is 1.27 bits per heavy atom. The number of rotatable bonds is 5. The van der Waals surface area contributed by atoms with E-state index in [4.69, 9.17) is 0 Å². The molecule has 0 aliphatic heterocycles. The molecule has 0 bridgehead atoms. The molecule has 66 heavy (non-hydrogen) atoms. The first-order chi connectivity index (χ1) is 32.8. The molecule has 14 aromatic rings. The van der Waals surface area contributed by atoms with E-state index in [1.54, 1.807) is 0 Å². The maximum absolute atomic E-state index is 2.52. The summed E-state index contributed by atoms with van der Waals surface area (Å²) in [6.45, 7) is 0. The SMILES string of the molecule is c1ccc(-c2c3ccccc3c(-c3cccc4[se]c5cc(-c6c7ccccc7c(-c7ccc8c9ccccc9n(-c9ccccc9)c8c7)c7ccccc67)ccc5c34)c3ccccc23)cc1. The van der Waals surface area contributed by atoms with Gasteiger partial charge in [-0.05, 0) is 18.2 Å². The average molecular weight is 901 g/mol. The molecule has 2 heterocycles. The normalized spacial score (nSPS) is 11.9. The zero-order valence-corrected chi connectivity index (χ0v) is 37.6. The van der Waals surface area contributed by atoms with Crippen LogP contribution in [0.15, 0.2) is 237 Å². The van der Waals surface area contributed by atoms with Gasteiger partial charge >= 0.3 is 335 Å². The fraction of sp³-hybridized carbons (Fsp3) is 0. The summed E-state index contributed by atoms with van der Waals surface area (Å²) in [5, 5.41) is 15.5. The zero-order valence-electron chi connectivity index (χ0n) is 35.9. The van der Waals surface area contributed by atoms with E-state index in [0.29, 0.717) is 0 Å². The van der Waals surface area contributed by atoms with Crippen LogP contribution in [0.5, 0.6) is 0 Å². The third kappa shape index (κ3) is 5.53. The third-order valence-corrected chi connectivity index (χ3v) is 16.3. The molecule has 0 N–H and O–H groups in total. The number of hydrogen-bond donors (Lipinski definition) is 0. The molecule has 2 heteroatoms. The summed E-state index contributed by atoms with van der Waals surface area (Å²) in [4.78, 5) is 0. The molecule has 0 unspecified atom stereocenters. The molecule has 0 aliphatic carbocycles. The monoisotopic (exact) mass is 901 g/mol. The Balaban J connectivity index is 0.985. The topological polar surface area (TPSA) is 4.93 Å². The van der Waals surface area contributed by atoms with Crippen molar-refractivity contribution < 1.29 is 0 Å². The van der Waals surface area contributed by atoms with Crippen LogP contribution < -0.4 is 0 Å². The summed E-state index contributed by atoms with van der Waals surface area (Å²) < 4.78 is 5.31. The van der Waals surface area contributed by atoms with Crippen LogP contribution in [-0.2, 0) is 0 Å². The molecule has 12 aromatic carbocycles. The number of aromatic nitrogens is 1. The molecule has 0 atom stereocenters. The van der Waals surface area contributed by atoms with Gasteiger partial charge in [0.2, 0.25) is 0 Å². The molecule has 1 nitrogen and oxygen atoms in total. The van der Waals surface area contributed by atoms with Crippen molar-refractivity contribution in [2.45, 2.75) is 0 Å². The van der Waals surface area contributed by atoms with Gasteiger partial charge in [-0.25, -0.2) is 0 Å². The van der Waals surface area contributed by atoms with E-state index >= 15 is 0 Å². The van der Waals surface area contributed by atoms with Gasteiger partial charge in [-0.1, -0.05) is 36.4 Å². The molecule has 2 aromatic heterocycles. The standard InChI is InChI=1S/C64H39NSe/c1-3-18-40(19-4-1)60-50-27-11-13-29-52(50)63(53-30-14-12-28-51(53)60)55-31-17-33-58-64(55)54-37-35-42(39-59(54)66-58)62-48-25-9-7-23-46(48)61(47-24-8-10-26-49(47)62)41-34-36-45-44-22-15-16-32-56(44)65(57(45)38-41)43-20-5-2-6-21-43/h1-39H. The first-order valence-corrected chi connectivity index (χ1v) is 24.5. The van der Waals surface area contributed by atoms with Crippen LogP contribution in [0.1, 0.15) is 0 Å². The van der Waals surface area contributed by atoms with Crippen molar-refractivity contribution in [2.24, 2.45) is 0 Å². The molecular weight excluding hydrogens is 862 g/mol. The Labute approximate surface area is 387 Å². The zero-order chi connectivity index (χ0) is 43.3. The van der Waals surface area contributed by atoms with Gasteiger partial charge in [-0.15, -0.1) is 0 Å². The van der Waals surface area contributed by atoms with Gasteiger partial charge in [-0.3, -0.25) is 0 Å². The van der Waals surface area contributed by atoms with Gasteiger partial charge in [0.25, 0.3) is 0 Å². The van der Waals surface area contributed by atoms with Gasteiger partial charge in [0.05, 0.1) is 0 Å². The van der Waals surface area contributed by atoms with Gasteiger partial charge < -0.3 is 0 Å². The quantitative estimate of drug-likeness (QED) is 0.120. The van der Waals surface area contributed by atoms with Crippen molar-refractivity contribution in [2.75, 3.05) is 0 Å². The molecule has 0 radical (unpaired) electrons. The molecule has 0 saturated heterocycles. The molecule has 0 aliphatic rings. The number of benzene rings is 12. The van der Waals surface area contributed by atoms with E-state index in [1.807, 2.05) is 0 Å². The van der Waals surface area contributed by atoms with E-state index in [1.165, 1.54) is 134 Å². The average Bonchev–Trinajstić information content (AvgIpc) is 3.93. The second kappa shape index (κ2) is 14.8. The van der Waals surface area contributed by atoms with Crippen LogP contribution in [0.2, 0.25) is 0 Å². The fourth-order valence-electron chi connectivity index (χ4n) is 11.3. The van der Waals surface area contributed by atoms with Crippen molar-refractivity contribution in [1.82, 2.24) is 4.57 Å². The van der Waals surface area contributed by atoms with Crippen LogP contribution in [0, 0.1) is 0 Å². The maximum atomic E-state index is 2.52. The second-order valence-corrected chi connectivity index (χ2v) is 19.7. The Hall–Kier alpha value is -8.00. The molecule has 0 spiro atoms. The van der Waals surface area contributed by atoms with Crippen LogP contribution >= 0.6 is 0 Å². The van der Waals surface area contributed by atoms with E-state index < -0.39 is 0 Å². The van der Waals surface area contributed by atoms with E-state index in [2.05, 4.69) is 241 Å². The summed E-state index contributed by atoms with van der Waals surface area (Å²) >= 11 is 0.143. The molecule has 0 fully saturated rings. The molecule has 306 valence electrons. The van der Waals surface area contributed by atoms with E-state index in [-0.39, 0.29) is 14.5 Å². The predicted octanol–water partition coefficient (Wildman–Crippen LogP) is 17.4. The molecule has 0 saturated carbocycles.